The molecule has 0 aromatic rings. The molecule has 1 aliphatic rings. The molecule has 1 rings (SSSR count). The molecule has 1 saturated heterocycles. The Kier molecular flexibility index (Phi) is 3.87. The number of nitrogens with one attached hydrogen (secondary N) is 1. The predicted molar refractivity (Wildman–Crippen MR) is 52.2 cm³/mol. The molecule has 0 aliphatic carbocycles. The van der Waals surface area contributed by atoms with Crippen molar-refractivity contribution in [1.82, 2.24) is 5.32 Å². The maximum atomic E-state index is 10.9. The van der Waals surface area contributed by atoms with Gasteiger partial charge in [0.05, 0.1) is 6.61 Å². The molecule has 0 aromatic carbocycles. The summed E-state index contributed by atoms with van der Waals surface area (Å²) >= 11 is 0. The quantitative estimate of drug-likeness (QED) is 0.355. The zero-order valence-electron chi connectivity index (χ0n) is 9.12. The summed E-state index contributed by atoms with van der Waals surface area (Å²) in [5.74, 6) is -2.32. The summed E-state index contributed by atoms with van der Waals surface area (Å²) in [5.41, 5.74) is 0. The van der Waals surface area contributed by atoms with Gasteiger partial charge in [0.15, 0.2) is 5.79 Å². The van der Waals surface area contributed by atoms with Crippen LogP contribution in [0.25, 0.3) is 0 Å². The van der Waals surface area contributed by atoms with Crippen LogP contribution in [0, 0.1) is 0 Å². The summed E-state index contributed by atoms with van der Waals surface area (Å²) in [6.07, 6.45) is -3.87. The van der Waals surface area contributed by atoms with Gasteiger partial charge in [-0.25, -0.2) is 0 Å². The highest BCUT2D eigenvalue weighted by Crippen LogP contribution is 2.27. The average Bonchev–Trinajstić information content (AvgIpc) is 2.18. The van der Waals surface area contributed by atoms with Gasteiger partial charge in [-0.3, -0.25) is 4.79 Å². The Morgan fingerprint density at radius 3 is 2.44 bits per heavy atom. The Labute approximate surface area is 92.7 Å². The summed E-state index contributed by atoms with van der Waals surface area (Å²) in [6, 6.07) is -1.15. The summed E-state index contributed by atoms with van der Waals surface area (Å²) in [5, 5.41) is 40.3. The summed E-state index contributed by atoms with van der Waals surface area (Å²) < 4.78 is 5.00. The van der Waals surface area contributed by atoms with Gasteiger partial charge >= 0.3 is 0 Å². The van der Waals surface area contributed by atoms with E-state index in [0.29, 0.717) is 0 Å². The zero-order valence-corrected chi connectivity index (χ0v) is 9.12. The van der Waals surface area contributed by atoms with E-state index in [2.05, 4.69) is 5.32 Å². The minimum absolute atomic E-state index is 0.470. The van der Waals surface area contributed by atoms with Crippen molar-refractivity contribution in [2.24, 2.45) is 0 Å². The van der Waals surface area contributed by atoms with Crippen molar-refractivity contribution in [2.45, 2.75) is 44.0 Å². The number of amides is 1. The van der Waals surface area contributed by atoms with Crippen LogP contribution in [0.5, 0.6) is 0 Å². The molecular formula is C9H17NO6. The number of carbonyl (C=O) groups excluding carboxylic acids is 1. The van der Waals surface area contributed by atoms with Crippen molar-refractivity contribution in [3.63, 3.8) is 0 Å². The molecule has 1 unspecified atom stereocenters. The molecule has 94 valence electrons. The monoisotopic (exact) mass is 235 g/mol. The Bertz CT molecular complexity index is 269. The first-order valence-electron chi connectivity index (χ1n) is 4.94. The molecule has 7 heteroatoms. The van der Waals surface area contributed by atoms with Crippen molar-refractivity contribution >= 4 is 5.91 Å². The number of hydrogen-bond donors (Lipinski definition) is 5. The molecule has 7 nitrogen and oxygen atoms in total. The Morgan fingerprint density at radius 2 is 2.00 bits per heavy atom. The number of carbonyl (C=O) groups is 1. The number of hydrogen-bond acceptors (Lipinski definition) is 6. The van der Waals surface area contributed by atoms with E-state index in [1.54, 1.807) is 0 Å². The maximum absolute atomic E-state index is 10.9. The van der Waals surface area contributed by atoms with Gasteiger partial charge in [0, 0.05) is 6.92 Å². The molecule has 0 saturated carbocycles. The Balaban J connectivity index is 2.87. The standard InChI is InChI=1S/C9H17NO6/c1-4(12)10-8-7(14)6(13)5(3-11)16-9(8,2)15/h5-8,11,13-15H,3H2,1-2H3,(H,10,12)/t5-,6-,7+,8-,9?/m1/s1. The number of aliphatic hydroxyl groups is 4. The molecule has 16 heavy (non-hydrogen) atoms. The van der Waals surface area contributed by atoms with Gasteiger partial charge in [0.1, 0.15) is 24.4 Å². The predicted octanol–water partition coefficient (Wildman–Crippen LogP) is -2.69. The van der Waals surface area contributed by atoms with Crippen molar-refractivity contribution in [3.05, 3.63) is 0 Å². The molecule has 1 fully saturated rings. The summed E-state index contributed by atoms with van der Waals surface area (Å²) in [4.78, 5) is 10.9. The van der Waals surface area contributed by atoms with E-state index in [9.17, 15) is 20.1 Å². The van der Waals surface area contributed by atoms with Crippen LogP contribution in [0.15, 0.2) is 0 Å². The van der Waals surface area contributed by atoms with E-state index in [-0.39, 0.29) is 0 Å². The van der Waals surface area contributed by atoms with Crippen LogP contribution in [0.1, 0.15) is 13.8 Å². The van der Waals surface area contributed by atoms with Crippen LogP contribution < -0.4 is 5.32 Å². The highest BCUT2D eigenvalue weighted by molar-refractivity contribution is 5.73. The molecule has 0 aromatic heterocycles. The molecule has 5 N–H and O–H groups in total. The fourth-order valence-electron chi connectivity index (χ4n) is 1.77. The Morgan fingerprint density at radius 1 is 1.44 bits per heavy atom. The van der Waals surface area contributed by atoms with Gasteiger partial charge in [-0.15, -0.1) is 0 Å². The number of aliphatic hydroxyl groups excluding tert-OH is 3. The van der Waals surface area contributed by atoms with E-state index < -0.39 is 42.7 Å². The van der Waals surface area contributed by atoms with Crippen LogP contribution in [0.3, 0.4) is 0 Å². The van der Waals surface area contributed by atoms with E-state index in [4.69, 9.17) is 9.84 Å². The smallest absolute Gasteiger partial charge is 0.217 e. The third kappa shape index (κ3) is 2.50. The molecule has 0 bridgehead atoms. The van der Waals surface area contributed by atoms with E-state index in [1.165, 1.54) is 13.8 Å². The van der Waals surface area contributed by atoms with E-state index in [0.717, 1.165) is 0 Å². The van der Waals surface area contributed by atoms with Gasteiger partial charge < -0.3 is 30.5 Å². The lowest BCUT2D eigenvalue weighted by atomic mass is 9.91. The average molecular weight is 235 g/mol. The minimum Gasteiger partial charge on any atom is -0.394 e. The van der Waals surface area contributed by atoms with E-state index >= 15 is 0 Å². The van der Waals surface area contributed by atoms with Crippen LogP contribution in [-0.2, 0) is 9.53 Å². The first-order valence-corrected chi connectivity index (χ1v) is 4.94. The van der Waals surface area contributed by atoms with Crippen LogP contribution in [0.4, 0.5) is 0 Å². The highest BCUT2D eigenvalue weighted by Gasteiger charge is 2.50. The normalized spacial score (nSPS) is 44.1. The molecular weight excluding hydrogens is 218 g/mol. The maximum Gasteiger partial charge on any atom is 0.217 e. The summed E-state index contributed by atoms with van der Waals surface area (Å²) in [6.45, 7) is 1.92. The second-order valence-corrected chi connectivity index (χ2v) is 4.05. The molecule has 1 heterocycles. The van der Waals surface area contributed by atoms with Crippen molar-refractivity contribution in [3.8, 4) is 0 Å². The van der Waals surface area contributed by atoms with Gasteiger partial charge in [0.25, 0.3) is 0 Å². The van der Waals surface area contributed by atoms with Gasteiger partial charge in [0.2, 0.25) is 5.91 Å². The van der Waals surface area contributed by atoms with Crippen molar-refractivity contribution in [2.75, 3.05) is 6.61 Å². The molecule has 1 amide bonds. The fourth-order valence-corrected chi connectivity index (χ4v) is 1.77. The lowest BCUT2D eigenvalue weighted by Crippen LogP contribution is -2.69. The van der Waals surface area contributed by atoms with Crippen LogP contribution in [-0.4, -0.2) is 63.1 Å². The summed E-state index contributed by atoms with van der Waals surface area (Å²) in [7, 11) is 0. The number of rotatable bonds is 2. The minimum atomic E-state index is -1.85. The Hall–Kier alpha value is -0.730. The topological polar surface area (TPSA) is 119 Å². The van der Waals surface area contributed by atoms with Gasteiger partial charge in [-0.1, -0.05) is 0 Å². The third-order valence-corrected chi connectivity index (χ3v) is 2.58. The number of ether oxygens (including phenoxy) is 1. The van der Waals surface area contributed by atoms with Gasteiger partial charge in [-0.2, -0.15) is 0 Å². The molecule has 0 radical (unpaired) electrons. The first-order chi connectivity index (χ1) is 7.29. The van der Waals surface area contributed by atoms with Crippen LogP contribution in [0.2, 0.25) is 0 Å². The second-order valence-electron chi connectivity index (χ2n) is 4.05. The second kappa shape index (κ2) is 4.64. The lowest BCUT2D eigenvalue weighted by Gasteiger charge is -2.46. The van der Waals surface area contributed by atoms with E-state index in [1.807, 2.05) is 0 Å². The lowest BCUT2D eigenvalue weighted by molar-refractivity contribution is -0.309. The van der Waals surface area contributed by atoms with Gasteiger partial charge in [-0.05, 0) is 6.92 Å². The third-order valence-electron chi connectivity index (χ3n) is 2.58. The SMILES string of the molecule is CC(=O)N[C@@H]1[C@@H](O)[C@H](O)[C@@H](CO)OC1(C)O. The highest BCUT2D eigenvalue weighted by atomic mass is 16.6. The van der Waals surface area contributed by atoms with Crippen LogP contribution >= 0.6 is 0 Å². The first kappa shape index (κ1) is 13.3. The van der Waals surface area contributed by atoms with Crippen molar-refractivity contribution in [1.29, 1.82) is 0 Å². The molecule has 1 aliphatic heterocycles. The van der Waals surface area contributed by atoms with Crippen molar-refractivity contribution < 1.29 is 30.0 Å². The fraction of sp³-hybridized carbons (Fsp3) is 0.889. The largest absolute Gasteiger partial charge is 0.394 e. The zero-order chi connectivity index (χ0) is 12.5. The molecule has 0 spiro atoms. The molecule has 5 atom stereocenters.